The van der Waals surface area contributed by atoms with Gasteiger partial charge in [0.15, 0.2) is 0 Å². The van der Waals surface area contributed by atoms with E-state index in [1.165, 1.54) is 30.4 Å². The quantitative estimate of drug-likeness (QED) is 0.465. The Hall–Kier alpha value is -1.82. The van der Waals surface area contributed by atoms with E-state index in [1.807, 2.05) is 0 Å². The van der Waals surface area contributed by atoms with Gasteiger partial charge in [-0.3, -0.25) is 0 Å². The van der Waals surface area contributed by atoms with Gasteiger partial charge in [0.25, 0.3) is 0 Å². The molecule has 0 fully saturated rings. The van der Waals surface area contributed by atoms with Crippen molar-refractivity contribution >= 4 is 0 Å². The molecule has 0 N–H and O–H groups in total. The van der Waals surface area contributed by atoms with Crippen molar-refractivity contribution in [1.29, 1.82) is 0 Å². The lowest BCUT2D eigenvalue weighted by Crippen LogP contribution is -1.97. The Morgan fingerprint density at radius 2 is 1.37 bits per heavy atom. The van der Waals surface area contributed by atoms with E-state index in [4.69, 9.17) is 0 Å². The fourth-order valence-electron chi connectivity index (χ4n) is 2.29. The summed E-state index contributed by atoms with van der Waals surface area (Å²) in [6.07, 6.45) is 8.37. The van der Waals surface area contributed by atoms with Crippen molar-refractivity contribution in [3.05, 3.63) is 83.9 Å². The molecule has 0 aliphatic heterocycles. The van der Waals surface area contributed by atoms with Gasteiger partial charge in [-0.1, -0.05) is 92.6 Å². The second-order valence-electron chi connectivity index (χ2n) is 4.87. The van der Waals surface area contributed by atoms with Crippen molar-refractivity contribution in [2.45, 2.75) is 32.1 Å². The molecule has 98 valence electrons. The van der Waals surface area contributed by atoms with Crippen molar-refractivity contribution in [1.82, 2.24) is 0 Å². The van der Waals surface area contributed by atoms with E-state index in [2.05, 4.69) is 79.7 Å². The van der Waals surface area contributed by atoms with Crippen LogP contribution in [-0.2, 0) is 0 Å². The van der Waals surface area contributed by atoms with Gasteiger partial charge in [0.1, 0.15) is 0 Å². The molecule has 0 nitrogen and oxygen atoms in total. The smallest absolute Gasteiger partial charge is 0.0269 e. The Labute approximate surface area is 116 Å². The summed E-state index contributed by atoms with van der Waals surface area (Å²) in [5.41, 5.74) is 2.72. The van der Waals surface area contributed by atoms with Gasteiger partial charge in [0, 0.05) is 5.92 Å². The van der Waals surface area contributed by atoms with Crippen molar-refractivity contribution in [3.8, 4) is 0 Å². The second-order valence-corrected chi connectivity index (χ2v) is 4.87. The van der Waals surface area contributed by atoms with Gasteiger partial charge in [-0.05, 0) is 17.5 Å². The van der Waals surface area contributed by atoms with E-state index in [-0.39, 0.29) is 0 Å². The molecular weight excluding hydrogens is 228 g/mol. The first-order chi connectivity index (χ1) is 9.42. The molecule has 0 heterocycles. The van der Waals surface area contributed by atoms with Gasteiger partial charge in [-0.2, -0.15) is 0 Å². The monoisotopic (exact) mass is 250 g/mol. The van der Waals surface area contributed by atoms with E-state index in [0.717, 1.165) is 0 Å². The average molecular weight is 250 g/mol. The lowest BCUT2D eigenvalue weighted by molar-refractivity contribution is 0.810. The number of hydrogen-bond donors (Lipinski definition) is 0. The van der Waals surface area contributed by atoms with E-state index in [9.17, 15) is 0 Å². The first-order valence-corrected chi connectivity index (χ1v) is 7.18. The largest absolute Gasteiger partial charge is 0.0876 e. The third kappa shape index (κ3) is 4.10. The van der Waals surface area contributed by atoms with E-state index in [0.29, 0.717) is 5.92 Å². The zero-order valence-electron chi connectivity index (χ0n) is 11.6. The SMILES string of the molecule is CCCC/C=C\C(c1ccccc1)c1ccccc1. The highest BCUT2D eigenvalue weighted by molar-refractivity contribution is 5.36. The van der Waals surface area contributed by atoms with Crippen molar-refractivity contribution in [2.75, 3.05) is 0 Å². The lowest BCUT2D eigenvalue weighted by atomic mass is 9.91. The molecule has 0 aromatic heterocycles. The van der Waals surface area contributed by atoms with Crippen LogP contribution < -0.4 is 0 Å². The first-order valence-electron chi connectivity index (χ1n) is 7.18. The number of rotatable bonds is 6. The molecule has 0 bridgehead atoms. The van der Waals surface area contributed by atoms with Crippen LogP contribution in [0.15, 0.2) is 72.8 Å². The molecule has 0 amide bonds. The fraction of sp³-hybridized carbons (Fsp3) is 0.263. The predicted octanol–water partition coefficient (Wildman–Crippen LogP) is 5.56. The molecule has 0 radical (unpaired) electrons. The van der Waals surface area contributed by atoms with Crippen molar-refractivity contribution in [2.24, 2.45) is 0 Å². The molecule has 0 heteroatoms. The van der Waals surface area contributed by atoms with E-state index < -0.39 is 0 Å². The number of allylic oxidation sites excluding steroid dienone is 2. The molecular formula is C19H22. The Morgan fingerprint density at radius 3 is 1.84 bits per heavy atom. The number of benzene rings is 2. The molecule has 0 spiro atoms. The molecule has 2 rings (SSSR count). The minimum atomic E-state index is 0.374. The summed E-state index contributed by atoms with van der Waals surface area (Å²) in [4.78, 5) is 0. The lowest BCUT2D eigenvalue weighted by Gasteiger charge is -2.14. The third-order valence-electron chi connectivity index (χ3n) is 3.37. The second kappa shape index (κ2) is 7.58. The zero-order chi connectivity index (χ0) is 13.3. The van der Waals surface area contributed by atoms with Crippen LogP contribution in [-0.4, -0.2) is 0 Å². The highest BCUT2D eigenvalue weighted by Crippen LogP contribution is 2.26. The fourth-order valence-corrected chi connectivity index (χ4v) is 2.29. The molecule has 2 aromatic rings. The molecule has 19 heavy (non-hydrogen) atoms. The molecule has 0 saturated carbocycles. The highest BCUT2D eigenvalue weighted by atomic mass is 14.1. The van der Waals surface area contributed by atoms with Crippen LogP contribution in [0, 0.1) is 0 Å². The van der Waals surface area contributed by atoms with Crippen LogP contribution in [0.4, 0.5) is 0 Å². The summed E-state index contributed by atoms with van der Waals surface area (Å²) in [6, 6.07) is 21.5. The minimum Gasteiger partial charge on any atom is -0.0876 e. The maximum Gasteiger partial charge on any atom is 0.0269 e. The van der Waals surface area contributed by atoms with Crippen LogP contribution in [0.1, 0.15) is 43.2 Å². The molecule has 0 unspecified atom stereocenters. The van der Waals surface area contributed by atoms with Crippen LogP contribution >= 0.6 is 0 Å². The summed E-state index contributed by atoms with van der Waals surface area (Å²) >= 11 is 0. The first kappa shape index (κ1) is 13.6. The maximum atomic E-state index is 2.35. The summed E-state index contributed by atoms with van der Waals surface area (Å²) in [7, 11) is 0. The Morgan fingerprint density at radius 1 is 0.842 bits per heavy atom. The molecule has 0 atom stereocenters. The zero-order valence-corrected chi connectivity index (χ0v) is 11.6. The van der Waals surface area contributed by atoms with Gasteiger partial charge in [0.2, 0.25) is 0 Å². The summed E-state index contributed by atoms with van der Waals surface area (Å²) in [6.45, 7) is 2.24. The summed E-state index contributed by atoms with van der Waals surface area (Å²) < 4.78 is 0. The summed E-state index contributed by atoms with van der Waals surface area (Å²) in [5, 5.41) is 0. The average Bonchev–Trinajstić information content (AvgIpc) is 2.49. The van der Waals surface area contributed by atoms with Gasteiger partial charge < -0.3 is 0 Å². The number of hydrogen-bond acceptors (Lipinski definition) is 0. The third-order valence-corrected chi connectivity index (χ3v) is 3.37. The highest BCUT2D eigenvalue weighted by Gasteiger charge is 2.09. The van der Waals surface area contributed by atoms with Crippen LogP contribution in [0.5, 0.6) is 0 Å². The maximum absolute atomic E-state index is 2.35. The van der Waals surface area contributed by atoms with Gasteiger partial charge in [0.05, 0.1) is 0 Å². The molecule has 0 aliphatic rings. The Kier molecular flexibility index (Phi) is 5.43. The van der Waals surface area contributed by atoms with Gasteiger partial charge >= 0.3 is 0 Å². The Balaban J connectivity index is 2.22. The molecule has 0 saturated heterocycles. The van der Waals surface area contributed by atoms with Crippen LogP contribution in [0.25, 0.3) is 0 Å². The van der Waals surface area contributed by atoms with Crippen LogP contribution in [0.2, 0.25) is 0 Å². The van der Waals surface area contributed by atoms with Gasteiger partial charge in [-0.25, -0.2) is 0 Å². The topological polar surface area (TPSA) is 0 Å². The minimum absolute atomic E-state index is 0.374. The number of unbranched alkanes of at least 4 members (excludes halogenated alkanes) is 2. The van der Waals surface area contributed by atoms with E-state index in [1.54, 1.807) is 0 Å². The van der Waals surface area contributed by atoms with Crippen molar-refractivity contribution < 1.29 is 0 Å². The van der Waals surface area contributed by atoms with Crippen molar-refractivity contribution in [3.63, 3.8) is 0 Å². The normalized spacial score (nSPS) is 11.3. The Bertz CT molecular complexity index is 442. The standard InChI is InChI=1S/C19H22/c1-2-3-4-11-16-19(17-12-7-5-8-13-17)18-14-9-6-10-15-18/h5-16,19H,2-4H2,1H3/b16-11-. The van der Waals surface area contributed by atoms with Gasteiger partial charge in [-0.15, -0.1) is 0 Å². The summed E-state index contributed by atoms with van der Waals surface area (Å²) in [5.74, 6) is 0.374. The molecule has 0 aliphatic carbocycles. The van der Waals surface area contributed by atoms with E-state index >= 15 is 0 Å². The predicted molar refractivity (Wildman–Crippen MR) is 83.4 cm³/mol. The molecule has 2 aromatic carbocycles. The van der Waals surface area contributed by atoms with Crippen LogP contribution in [0.3, 0.4) is 0 Å².